The van der Waals surface area contributed by atoms with Crippen molar-refractivity contribution in [3.63, 3.8) is 0 Å². The summed E-state index contributed by atoms with van der Waals surface area (Å²) in [6, 6.07) is 10.1. The number of aromatic hydroxyl groups is 2. The van der Waals surface area contributed by atoms with Crippen LogP contribution in [0.3, 0.4) is 0 Å². The van der Waals surface area contributed by atoms with Gasteiger partial charge in [-0.2, -0.15) is 0 Å². The molecule has 2 aromatic rings. The highest BCUT2D eigenvalue weighted by atomic mass is 16.3. The Morgan fingerprint density at radius 2 is 2.00 bits per heavy atom. The van der Waals surface area contributed by atoms with Crippen LogP contribution in [0.1, 0.15) is 40.6 Å². The zero-order valence-electron chi connectivity index (χ0n) is 12.4. The fourth-order valence-electron chi connectivity index (χ4n) is 2.93. The molecule has 1 fully saturated rings. The number of carbonyl (C=O) groups excluding carboxylic acids is 1. The molecule has 2 N–H and O–H groups in total. The fourth-order valence-corrected chi connectivity index (χ4v) is 2.93. The summed E-state index contributed by atoms with van der Waals surface area (Å²) in [4.78, 5) is 18.9. The van der Waals surface area contributed by atoms with Crippen molar-refractivity contribution in [1.29, 1.82) is 0 Å². The van der Waals surface area contributed by atoms with E-state index >= 15 is 0 Å². The number of rotatable bonds is 2. The standard InChI is InChI=1S/C17H18N2O3/c1-11-5-2-7-13(18-11)14-8-4-10-19(14)17(22)12-6-3-9-15(20)16(12)21/h2-3,5-7,9,14,20-21H,4,8,10H2,1H3. The summed E-state index contributed by atoms with van der Waals surface area (Å²) in [5, 5.41) is 19.5. The minimum atomic E-state index is -0.365. The van der Waals surface area contributed by atoms with Gasteiger partial charge in [0, 0.05) is 12.2 Å². The van der Waals surface area contributed by atoms with Gasteiger partial charge in [0.2, 0.25) is 0 Å². The van der Waals surface area contributed by atoms with Gasteiger partial charge in [0.15, 0.2) is 11.5 Å². The van der Waals surface area contributed by atoms with E-state index in [1.54, 1.807) is 11.0 Å². The normalized spacial score (nSPS) is 17.7. The first-order valence-electron chi connectivity index (χ1n) is 7.33. The van der Waals surface area contributed by atoms with Gasteiger partial charge in [-0.15, -0.1) is 0 Å². The SMILES string of the molecule is Cc1cccc(C2CCCN2C(=O)c2cccc(O)c2O)n1. The van der Waals surface area contributed by atoms with Gasteiger partial charge in [-0.05, 0) is 44.0 Å². The second-order valence-electron chi connectivity index (χ2n) is 5.53. The van der Waals surface area contributed by atoms with E-state index in [4.69, 9.17) is 0 Å². The maximum absolute atomic E-state index is 12.7. The quantitative estimate of drug-likeness (QED) is 0.836. The van der Waals surface area contributed by atoms with Crippen LogP contribution in [0.4, 0.5) is 0 Å². The van der Waals surface area contributed by atoms with Gasteiger partial charge in [-0.25, -0.2) is 0 Å². The first-order chi connectivity index (χ1) is 10.6. The van der Waals surface area contributed by atoms with E-state index in [1.807, 2.05) is 25.1 Å². The van der Waals surface area contributed by atoms with Crippen molar-refractivity contribution in [3.8, 4) is 11.5 Å². The molecule has 1 atom stereocenters. The van der Waals surface area contributed by atoms with Crippen LogP contribution in [-0.4, -0.2) is 32.5 Å². The Morgan fingerprint density at radius 3 is 2.77 bits per heavy atom. The third-order valence-corrected chi connectivity index (χ3v) is 4.01. The van der Waals surface area contributed by atoms with Crippen LogP contribution in [0.15, 0.2) is 36.4 Å². The molecule has 1 aliphatic heterocycles. The number of hydrogen-bond acceptors (Lipinski definition) is 4. The van der Waals surface area contributed by atoms with Gasteiger partial charge in [0.1, 0.15) is 0 Å². The van der Waals surface area contributed by atoms with Crippen molar-refractivity contribution in [2.75, 3.05) is 6.54 Å². The molecule has 0 bridgehead atoms. The number of phenols is 2. The predicted molar refractivity (Wildman–Crippen MR) is 81.8 cm³/mol. The zero-order chi connectivity index (χ0) is 15.7. The number of pyridine rings is 1. The maximum Gasteiger partial charge on any atom is 0.258 e. The molecule has 0 saturated carbocycles. The van der Waals surface area contributed by atoms with E-state index in [2.05, 4.69) is 4.98 Å². The number of aromatic nitrogens is 1. The first-order valence-corrected chi connectivity index (χ1v) is 7.33. The number of amides is 1. The van der Waals surface area contributed by atoms with Gasteiger partial charge >= 0.3 is 0 Å². The highest BCUT2D eigenvalue weighted by molar-refractivity contribution is 5.98. The van der Waals surface area contributed by atoms with Crippen molar-refractivity contribution in [3.05, 3.63) is 53.3 Å². The molecule has 5 heteroatoms. The van der Waals surface area contributed by atoms with Gasteiger partial charge in [0.05, 0.1) is 17.3 Å². The molecule has 0 aliphatic carbocycles. The Morgan fingerprint density at radius 1 is 1.23 bits per heavy atom. The first kappa shape index (κ1) is 14.4. The Labute approximate surface area is 128 Å². The number of para-hydroxylation sites is 1. The molecule has 1 aromatic carbocycles. The molecule has 1 unspecified atom stereocenters. The molecule has 1 aliphatic rings. The largest absolute Gasteiger partial charge is 0.504 e. The molecule has 5 nitrogen and oxygen atoms in total. The lowest BCUT2D eigenvalue weighted by atomic mass is 10.1. The van der Waals surface area contributed by atoms with Crippen LogP contribution in [0.5, 0.6) is 11.5 Å². The van der Waals surface area contributed by atoms with E-state index in [0.717, 1.165) is 24.2 Å². The Kier molecular flexibility index (Phi) is 3.71. The Balaban J connectivity index is 1.93. The summed E-state index contributed by atoms with van der Waals surface area (Å²) < 4.78 is 0. The minimum absolute atomic E-state index is 0.0888. The van der Waals surface area contributed by atoms with Gasteiger partial charge < -0.3 is 15.1 Å². The molecular formula is C17H18N2O3. The summed E-state index contributed by atoms with van der Waals surface area (Å²) in [7, 11) is 0. The second-order valence-corrected chi connectivity index (χ2v) is 5.53. The minimum Gasteiger partial charge on any atom is -0.504 e. The maximum atomic E-state index is 12.7. The Hall–Kier alpha value is -2.56. The molecule has 3 rings (SSSR count). The number of hydrogen-bond donors (Lipinski definition) is 2. The lowest BCUT2D eigenvalue weighted by molar-refractivity contribution is 0.0729. The topological polar surface area (TPSA) is 73.7 Å². The molecule has 1 aromatic heterocycles. The summed E-state index contributed by atoms with van der Waals surface area (Å²) in [6.45, 7) is 2.54. The number of nitrogens with zero attached hydrogens (tertiary/aromatic N) is 2. The average molecular weight is 298 g/mol. The molecule has 22 heavy (non-hydrogen) atoms. The zero-order valence-corrected chi connectivity index (χ0v) is 12.4. The van der Waals surface area contributed by atoms with E-state index < -0.39 is 0 Å². The van der Waals surface area contributed by atoms with E-state index in [0.29, 0.717) is 6.54 Å². The van der Waals surface area contributed by atoms with Crippen molar-refractivity contribution < 1.29 is 15.0 Å². The van der Waals surface area contributed by atoms with E-state index in [-0.39, 0.29) is 29.0 Å². The van der Waals surface area contributed by atoms with Crippen LogP contribution in [-0.2, 0) is 0 Å². The van der Waals surface area contributed by atoms with Crippen molar-refractivity contribution in [2.24, 2.45) is 0 Å². The van der Waals surface area contributed by atoms with Crippen LogP contribution in [0, 0.1) is 6.92 Å². The number of benzene rings is 1. The number of likely N-dealkylation sites (tertiary alicyclic amines) is 1. The molecule has 0 spiro atoms. The molecule has 0 radical (unpaired) electrons. The molecule has 2 heterocycles. The molecule has 114 valence electrons. The second kappa shape index (κ2) is 5.67. The molecular weight excluding hydrogens is 280 g/mol. The third-order valence-electron chi connectivity index (χ3n) is 4.01. The van der Waals surface area contributed by atoms with E-state index in [9.17, 15) is 15.0 Å². The highest BCUT2D eigenvalue weighted by Crippen LogP contribution is 2.35. The van der Waals surface area contributed by atoms with Crippen LogP contribution < -0.4 is 0 Å². The summed E-state index contributed by atoms with van der Waals surface area (Å²) in [6.07, 6.45) is 1.74. The summed E-state index contributed by atoms with van der Waals surface area (Å²) >= 11 is 0. The van der Waals surface area contributed by atoms with Crippen molar-refractivity contribution >= 4 is 5.91 Å². The van der Waals surface area contributed by atoms with E-state index in [1.165, 1.54) is 12.1 Å². The number of carbonyl (C=O) groups is 1. The Bertz CT molecular complexity index is 715. The average Bonchev–Trinajstić information content (AvgIpc) is 2.99. The van der Waals surface area contributed by atoms with Crippen molar-refractivity contribution in [2.45, 2.75) is 25.8 Å². The lowest BCUT2D eigenvalue weighted by Crippen LogP contribution is -2.31. The number of phenolic OH excluding ortho intramolecular Hbond substituents is 2. The van der Waals surface area contributed by atoms with Crippen LogP contribution >= 0.6 is 0 Å². The smallest absolute Gasteiger partial charge is 0.258 e. The fraction of sp³-hybridized carbons (Fsp3) is 0.294. The molecule has 1 saturated heterocycles. The summed E-state index contributed by atoms with van der Waals surface area (Å²) in [5.74, 6) is -0.926. The van der Waals surface area contributed by atoms with Crippen LogP contribution in [0.2, 0.25) is 0 Å². The third kappa shape index (κ3) is 2.50. The lowest BCUT2D eigenvalue weighted by Gasteiger charge is -2.25. The van der Waals surface area contributed by atoms with Crippen LogP contribution in [0.25, 0.3) is 0 Å². The van der Waals surface area contributed by atoms with Gasteiger partial charge in [-0.3, -0.25) is 9.78 Å². The predicted octanol–water partition coefficient (Wildman–Crippen LogP) is 2.78. The van der Waals surface area contributed by atoms with Crippen molar-refractivity contribution in [1.82, 2.24) is 9.88 Å². The van der Waals surface area contributed by atoms with Gasteiger partial charge in [0.25, 0.3) is 5.91 Å². The van der Waals surface area contributed by atoms with Gasteiger partial charge in [-0.1, -0.05) is 12.1 Å². The monoisotopic (exact) mass is 298 g/mol. The summed E-state index contributed by atoms with van der Waals surface area (Å²) in [5.41, 5.74) is 1.90. The molecule has 1 amide bonds. The highest BCUT2D eigenvalue weighted by Gasteiger charge is 2.32. The number of aryl methyl sites for hydroxylation is 1.